The van der Waals surface area contributed by atoms with Crippen molar-refractivity contribution in [3.8, 4) is 0 Å². The highest BCUT2D eigenvalue weighted by Gasteiger charge is 2.22. The normalized spacial score (nSPS) is 17.8. The maximum absolute atomic E-state index is 12.3. The molecule has 1 rings (SSSR count). The molecule has 0 aliphatic carbocycles. The van der Waals surface area contributed by atoms with E-state index in [1.807, 2.05) is 11.8 Å². The molecule has 1 heterocycles. The predicted molar refractivity (Wildman–Crippen MR) is 119 cm³/mol. The number of hydrogen-bond donors (Lipinski definition) is 2. The summed E-state index contributed by atoms with van der Waals surface area (Å²) in [6.45, 7) is 13.1. The van der Waals surface area contributed by atoms with Crippen molar-refractivity contribution in [2.45, 2.75) is 65.8 Å². The van der Waals surface area contributed by atoms with Crippen molar-refractivity contribution in [3.63, 3.8) is 0 Å². The fourth-order valence-electron chi connectivity index (χ4n) is 2.92. The second kappa shape index (κ2) is 15.5. The van der Waals surface area contributed by atoms with Gasteiger partial charge in [0.05, 0.1) is 0 Å². The minimum atomic E-state index is 0. The lowest BCUT2D eigenvalue weighted by atomic mass is 10.0. The van der Waals surface area contributed by atoms with Gasteiger partial charge < -0.3 is 20.3 Å². The number of piperidine rings is 1. The van der Waals surface area contributed by atoms with E-state index < -0.39 is 0 Å². The molecule has 1 amide bonds. The van der Waals surface area contributed by atoms with Crippen LogP contribution in [0.4, 0.5) is 0 Å². The number of carbonyl (C=O) groups is 1. The number of likely N-dealkylation sites (tertiary alicyclic amines) is 1. The van der Waals surface area contributed by atoms with E-state index in [-0.39, 0.29) is 29.9 Å². The van der Waals surface area contributed by atoms with Gasteiger partial charge in [0.2, 0.25) is 5.91 Å². The van der Waals surface area contributed by atoms with Gasteiger partial charge in [0.15, 0.2) is 5.96 Å². The minimum absolute atomic E-state index is 0. The minimum Gasteiger partial charge on any atom is -0.381 e. The zero-order valence-corrected chi connectivity index (χ0v) is 19.4. The molecule has 1 aliphatic heterocycles. The molecule has 7 heteroatoms. The van der Waals surface area contributed by atoms with Gasteiger partial charge in [-0.25, -0.2) is 0 Å². The van der Waals surface area contributed by atoms with Crippen molar-refractivity contribution in [2.75, 3.05) is 39.4 Å². The number of nitrogens with zero attached hydrogens (tertiary/aromatic N) is 2. The molecular weight excluding hydrogens is 443 g/mol. The summed E-state index contributed by atoms with van der Waals surface area (Å²) in [6.07, 6.45) is 4.93. The molecule has 1 saturated heterocycles. The highest BCUT2D eigenvalue weighted by molar-refractivity contribution is 14.0. The zero-order chi connectivity index (χ0) is 18.5. The molecule has 154 valence electrons. The van der Waals surface area contributed by atoms with Crippen LogP contribution in [0, 0.1) is 5.92 Å². The third-order valence-corrected chi connectivity index (χ3v) is 4.27. The molecule has 0 aromatic carbocycles. The molecule has 0 radical (unpaired) electrons. The van der Waals surface area contributed by atoms with Crippen LogP contribution >= 0.6 is 24.0 Å². The van der Waals surface area contributed by atoms with Crippen molar-refractivity contribution >= 4 is 35.8 Å². The number of aliphatic imine (C=N–C) groups is 1. The molecule has 26 heavy (non-hydrogen) atoms. The fourth-order valence-corrected chi connectivity index (χ4v) is 2.92. The largest absolute Gasteiger partial charge is 0.381 e. The van der Waals surface area contributed by atoms with Crippen LogP contribution in [0.25, 0.3) is 0 Å². The van der Waals surface area contributed by atoms with Crippen molar-refractivity contribution in [1.29, 1.82) is 0 Å². The first-order chi connectivity index (χ1) is 12.0. The molecule has 1 unspecified atom stereocenters. The van der Waals surface area contributed by atoms with E-state index >= 15 is 0 Å². The van der Waals surface area contributed by atoms with E-state index in [2.05, 4.69) is 36.4 Å². The first-order valence-electron chi connectivity index (χ1n) is 9.94. The van der Waals surface area contributed by atoms with Crippen LogP contribution in [0.5, 0.6) is 0 Å². The predicted octanol–water partition coefficient (Wildman–Crippen LogP) is 3.01. The van der Waals surface area contributed by atoms with Gasteiger partial charge in [0.1, 0.15) is 0 Å². The molecule has 0 bridgehead atoms. The van der Waals surface area contributed by atoms with Crippen LogP contribution in [0.2, 0.25) is 0 Å². The number of nitrogens with one attached hydrogen (secondary N) is 2. The number of ether oxygens (including phenoxy) is 1. The van der Waals surface area contributed by atoms with Crippen LogP contribution in [0.1, 0.15) is 59.8 Å². The molecule has 1 fully saturated rings. The maximum Gasteiger partial charge on any atom is 0.224 e. The lowest BCUT2D eigenvalue weighted by Crippen LogP contribution is -2.44. The third-order valence-electron chi connectivity index (χ3n) is 4.27. The number of rotatable bonds is 10. The van der Waals surface area contributed by atoms with Gasteiger partial charge in [-0.3, -0.25) is 9.79 Å². The highest BCUT2D eigenvalue weighted by atomic mass is 127. The SMILES string of the molecule is CCNC(=NCCCOCC(C)C)NCCC(=O)N1CCCCC1C.I. The van der Waals surface area contributed by atoms with E-state index in [4.69, 9.17) is 4.74 Å². The Hall–Kier alpha value is -0.570. The summed E-state index contributed by atoms with van der Waals surface area (Å²) in [5.74, 6) is 1.60. The highest BCUT2D eigenvalue weighted by Crippen LogP contribution is 2.16. The molecular formula is C19H39IN4O2. The van der Waals surface area contributed by atoms with Gasteiger partial charge in [0, 0.05) is 51.9 Å². The molecule has 0 saturated carbocycles. The van der Waals surface area contributed by atoms with Crippen LogP contribution in [0.15, 0.2) is 4.99 Å². The van der Waals surface area contributed by atoms with Gasteiger partial charge in [-0.15, -0.1) is 24.0 Å². The lowest BCUT2D eigenvalue weighted by molar-refractivity contribution is -0.134. The monoisotopic (exact) mass is 482 g/mol. The van der Waals surface area contributed by atoms with Crippen LogP contribution in [-0.4, -0.2) is 62.2 Å². The molecule has 1 atom stereocenters. The fraction of sp³-hybridized carbons (Fsp3) is 0.895. The second-order valence-corrected chi connectivity index (χ2v) is 7.19. The maximum atomic E-state index is 12.3. The Morgan fingerprint density at radius 1 is 1.31 bits per heavy atom. The molecule has 2 N–H and O–H groups in total. The third kappa shape index (κ3) is 11.2. The molecule has 0 aromatic rings. The topological polar surface area (TPSA) is 66.0 Å². The summed E-state index contributed by atoms with van der Waals surface area (Å²) in [6, 6.07) is 0.383. The second-order valence-electron chi connectivity index (χ2n) is 7.19. The molecule has 0 spiro atoms. The Bertz CT molecular complexity index is 405. The smallest absolute Gasteiger partial charge is 0.224 e. The van der Waals surface area contributed by atoms with E-state index in [1.165, 1.54) is 6.42 Å². The summed E-state index contributed by atoms with van der Waals surface area (Å²) < 4.78 is 5.57. The number of carbonyl (C=O) groups excluding carboxylic acids is 1. The number of amides is 1. The standard InChI is InChI=1S/C19H38N4O2.HI/c1-5-20-19(21-11-8-14-25-15-16(2)3)22-12-10-18(24)23-13-7-6-9-17(23)4;/h16-17H,5-15H2,1-4H3,(H2,20,21,22);1H. The average molecular weight is 482 g/mol. The van der Waals surface area contributed by atoms with E-state index in [1.54, 1.807) is 0 Å². The summed E-state index contributed by atoms with van der Waals surface area (Å²) >= 11 is 0. The van der Waals surface area contributed by atoms with Gasteiger partial charge in [-0.05, 0) is 45.4 Å². The Kier molecular flexibility index (Phi) is 15.1. The Labute approximate surface area is 176 Å². The summed E-state index contributed by atoms with van der Waals surface area (Å²) in [5, 5.41) is 6.49. The Balaban J connectivity index is 0.00000625. The van der Waals surface area contributed by atoms with Gasteiger partial charge in [0.25, 0.3) is 0 Å². The molecule has 6 nitrogen and oxygen atoms in total. The summed E-state index contributed by atoms with van der Waals surface area (Å²) in [5.41, 5.74) is 0. The first kappa shape index (κ1) is 25.4. The van der Waals surface area contributed by atoms with Crippen molar-refractivity contribution < 1.29 is 9.53 Å². The first-order valence-corrected chi connectivity index (χ1v) is 9.94. The number of halogens is 1. The van der Waals surface area contributed by atoms with Crippen molar-refractivity contribution in [3.05, 3.63) is 0 Å². The van der Waals surface area contributed by atoms with Gasteiger partial charge in [-0.1, -0.05) is 13.8 Å². The van der Waals surface area contributed by atoms with E-state index in [0.29, 0.717) is 24.9 Å². The summed E-state index contributed by atoms with van der Waals surface area (Å²) in [4.78, 5) is 18.9. The Morgan fingerprint density at radius 3 is 2.73 bits per heavy atom. The Morgan fingerprint density at radius 2 is 2.08 bits per heavy atom. The molecule has 1 aliphatic rings. The molecule has 0 aromatic heterocycles. The van der Waals surface area contributed by atoms with Gasteiger partial charge in [-0.2, -0.15) is 0 Å². The number of hydrogen-bond acceptors (Lipinski definition) is 3. The van der Waals surface area contributed by atoms with Crippen LogP contribution in [-0.2, 0) is 9.53 Å². The van der Waals surface area contributed by atoms with E-state index in [9.17, 15) is 4.79 Å². The van der Waals surface area contributed by atoms with Gasteiger partial charge >= 0.3 is 0 Å². The van der Waals surface area contributed by atoms with E-state index in [0.717, 1.165) is 58.1 Å². The van der Waals surface area contributed by atoms with Crippen LogP contribution < -0.4 is 10.6 Å². The lowest BCUT2D eigenvalue weighted by Gasteiger charge is -2.33. The zero-order valence-electron chi connectivity index (χ0n) is 17.1. The average Bonchev–Trinajstić information content (AvgIpc) is 2.57. The van der Waals surface area contributed by atoms with Crippen molar-refractivity contribution in [1.82, 2.24) is 15.5 Å². The quantitative estimate of drug-likeness (QED) is 0.218. The number of guanidine groups is 1. The van der Waals surface area contributed by atoms with Crippen LogP contribution in [0.3, 0.4) is 0 Å². The van der Waals surface area contributed by atoms with Crippen molar-refractivity contribution in [2.24, 2.45) is 10.9 Å². The summed E-state index contributed by atoms with van der Waals surface area (Å²) in [7, 11) is 0.